The van der Waals surface area contributed by atoms with Crippen molar-refractivity contribution in [2.45, 2.75) is 238 Å². The van der Waals surface area contributed by atoms with Crippen LogP contribution in [0.4, 0.5) is 0 Å². The normalized spacial score (nSPS) is 13.4. The van der Waals surface area contributed by atoms with Crippen molar-refractivity contribution in [3.8, 4) is 51.3 Å². The molecule has 6 aromatic rings. The number of benzene rings is 6. The Morgan fingerprint density at radius 2 is 0.841 bits per heavy atom. The van der Waals surface area contributed by atoms with E-state index in [-0.39, 0.29) is 45.0 Å². The molecule has 1 aliphatic carbocycles. The van der Waals surface area contributed by atoms with E-state index in [1.165, 1.54) is 43.1 Å². The molecular weight excluding hydrogens is 1130 g/mol. The lowest BCUT2D eigenvalue weighted by Crippen LogP contribution is -2.43. The number of thioether (sulfide) groups is 1. The zero-order valence-corrected chi connectivity index (χ0v) is 60.4. The number of pyridine rings is 2. The summed E-state index contributed by atoms with van der Waals surface area (Å²) in [7, 11) is -4.14. The quantitative estimate of drug-likeness (QED) is 0.0537. The third kappa shape index (κ3) is 12.8. The van der Waals surface area contributed by atoms with Crippen LogP contribution in [0.3, 0.4) is 0 Å². The number of aromatic nitrogens is 2. The molecule has 7 nitrogen and oxygen atoms in total. The predicted molar refractivity (Wildman–Crippen MR) is 382 cm³/mol. The molecule has 1 N–H and O–H groups in total. The number of nitrogens with zero attached hydrogens (tertiary/aromatic N) is 3. The fraction of sp³-hybridized carbons (Fsp3) is 0.462. The van der Waals surface area contributed by atoms with Gasteiger partial charge in [0, 0.05) is 38.1 Å². The lowest BCUT2D eigenvalue weighted by Gasteiger charge is -2.38. The van der Waals surface area contributed by atoms with Crippen molar-refractivity contribution in [1.29, 1.82) is 0 Å². The first-order chi connectivity index (χ1) is 40.7. The zero-order valence-electron chi connectivity index (χ0n) is 57.5. The molecule has 1 aromatic heterocycles. The minimum atomic E-state index is -2.07. The van der Waals surface area contributed by atoms with Gasteiger partial charge in [-0.05, 0) is 149 Å². The molecule has 464 valence electrons. The minimum Gasteiger partial charge on any atom is -0.494 e. The van der Waals surface area contributed by atoms with Gasteiger partial charge in [-0.3, -0.25) is 19.4 Å². The molecule has 0 fully saturated rings. The Bertz CT molecular complexity index is 4160. The zero-order chi connectivity index (χ0) is 65.3. The fourth-order valence-corrected chi connectivity index (χ4v) is 25.5. The van der Waals surface area contributed by atoms with Crippen molar-refractivity contribution >= 4 is 49.5 Å². The maximum Gasteiger partial charge on any atom is 0.268 e. The summed E-state index contributed by atoms with van der Waals surface area (Å²) in [6.45, 7) is 54.4. The Labute approximate surface area is 533 Å². The Balaban J connectivity index is 1.48. The number of rotatable bonds is 13. The highest BCUT2D eigenvalue weighted by molar-refractivity contribution is 7.98. The van der Waals surface area contributed by atoms with E-state index in [9.17, 15) is 5.11 Å². The van der Waals surface area contributed by atoms with Crippen LogP contribution >= 0.6 is 11.8 Å². The Hall–Kier alpha value is -6.44. The van der Waals surface area contributed by atoms with Gasteiger partial charge in [-0.25, -0.2) is 9.13 Å². The molecule has 88 heavy (non-hydrogen) atoms. The Morgan fingerprint density at radius 1 is 0.466 bits per heavy atom. The Kier molecular flexibility index (Phi) is 19.0. The summed E-state index contributed by atoms with van der Waals surface area (Å²) in [4.78, 5) is 53.5. The summed E-state index contributed by atoms with van der Waals surface area (Å²) in [6, 6.07) is 32.1. The highest BCUT2D eigenvalue weighted by atomic mass is 32.2. The maximum absolute atomic E-state index is 15.9. The van der Waals surface area contributed by atoms with Crippen LogP contribution in [-0.2, 0) is 34.0 Å². The first-order valence-electron chi connectivity index (χ1n) is 32.1. The van der Waals surface area contributed by atoms with Gasteiger partial charge in [-0.1, -0.05) is 214 Å². The molecule has 10 heteroatoms. The standard InChI is InChI=1S/C78H99N3O4SSi2/c1-47(2)87(48(3)4,49(5)6)35-33-53-25-29-61(30-26-53)80-72(83)64-44-66(86-46-56-39-59(77(19,20)21)42-60(40-56)78(22,23)24)70-68-63(71(82)81(74(70)85)62-31-27-54(28-32-62)34-36-88(50(7)8,51(9)10)52(11)12)43-65(69(67(64)68)73(80)84)79-45-55-37-57(75(13,14)15)41-58(38-55)76(16,17)18/h25-32,37-44,47-52,83H,45-46H2,1-24H3. The van der Waals surface area contributed by atoms with E-state index in [1.54, 1.807) is 6.07 Å². The monoisotopic (exact) mass is 1230 g/mol. The summed E-state index contributed by atoms with van der Waals surface area (Å²) < 4.78 is 2.64. The molecule has 0 bridgehead atoms. The SMILES string of the molecule is CC(C)[Si](C#Cc1ccc(-n2c(O)c3cc(SCc4cc(C(C)(C)C)cc(C(C)(C)C)c4)c4c5c3c(c(=NCc3cc(C(C)(C)C)cc(C(C)(C)C)c3)cc-5c(=O)n(-c3ccc(C#C[Si](C(C)C)(C(C)C)C(C)C)cc3)c4=O)c2=O)cc1)(C(C)C)C(C)C. The van der Waals surface area contributed by atoms with E-state index in [2.05, 4.69) is 225 Å². The van der Waals surface area contributed by atoms with Gasteiger partial charge in [-0.2, -0.15) is 0 Å². The van der Waals surface area contributed by atoms with E-state index >= 15 is 14.4 Å². The Morgan fingerprint density at radius 3 is 1.23 bits per heavy atom. The predicted octanol–water partition coefficient (Wildman–Crippen LogP) is 19.1. The van der Waals surface area contributed by atoms with E-state index < -0.39 is 32.8 Å². The summed E-state index contributed by atoms with van der Waals surface area (Å²) in [5, 5.41) is 14.5. The van der Waals surface area contributed by atoms with Gasteiger partial charge < -0.3 is 5.11 Å². The van der Waals surface area contributed by atoms with Crippen molar-refractivity contribution in [3.05, 3.63) is 178 Å². The lowest BCUT2D eigenvalue weighted by atomic mass is 9.79. The summed E-state index contributed by atoms with van der Waals surface area (Å²) in [6.07, 6.45) is 0. The fourth-order valence-electron chi connectivity index (χ4n) is 14.0. The molecule has 0 saturated carbocycles. The van der Waals surface area contributed by atoms with E-state index in [4.69, 9.17) is 4.99 Å². The molecule has 1 aliphatic heterocycles. The van der Waals surface area contributed by atoms with Crippen molar-refractivity contribution < 1.29 is 5.11 Å². The second-order valence-corrected chi connectivity index (χ2v) is 43.3. The van der Waals surface area contributed by atoms with Crippen molar-refractivity contribution in [1.82, 2.24) is 9.13 Å². The average Bonchev–Trinajstić information content (AvgIpc) is 0.741. The number of aromatic hydroxyl groups is 1. The van der Waals surface area contributed by atoms with Gasteiger partial charge in [0.25, 0.3) is 16.7 Å². The average molecular weight is 1230 g/mol. The van der Waals surface area contributed by atoms with E-state index in [0.717, 1.165) is 22.3 Å². The minimum absolute atomic E-state index is 0.136. The molecule has 0 spiro atoms. The summed E-state index contributed by atoms with van der Waals surface area (Å²) in [5.41, 5.74) is 18.1. The van der Waals surface area contributed by atoms with Crippen LogP contribution in [0.15, 0.2) is 121 Å². The van der Waals surface area contributed by atoms with Gasteiger partial charge in [0.1, 0.15) is 16.1 Å². The third-order valence-electron chi connectivity index (χ3n) is 19.2. The van der Waals surface area contributed by atoms with Gasteiger partial charge in [-0.15, -0.1) is 22.8 Å². The van der Waals surface area contributed by atoms with Crippen LogP contribution in [0.25, 0.3) is 44.0 Å². The van der Waals surface area contributed by atoms with Crippen LogP contribution in [0.5, 0.6) is 5.88 Å². The van der Waals surface area contributed by atoms with Crippen molar-refractivity contribution in [2.24, 2.45) is 4.99 Å². The third-order valence-corrected chi connectivity index (χ3v) is 32.9. The smallest absolute Gasteiger partial charge is 0.268 e. The topological polar surface area (TPSA) is 93.7 Å². The van der Waals surface area contributed by atoms with Gasteiger partial charge in [0.15, 0.2) is 0 Å². The molecule has 2 aliphatic rings. The lowest BCUT2D eigenvalue weighted by molar-refractivity contribution is 0.443. The van der Waals surface area contributed by atoms with Gasteiger partial charge in [0.05, 0.1) is 39.6 Å². The van der Waals surface area contributed by atoms with Crippen LogP contribution in [0.2, 0.25) is 33.2 Å². The first-order valence-corrected chi connectivity index (χ1v) is 37.5. The van der Waals surface area contributed by atoms with E-state index in [1.807, 2.05) is 54.6 Å². The molecule has 0 unspecified atom stereocenters. The van der Waals surface area contributed by atoms with Gasteiger partial charge >= 0.3 is 0 Å². The molecule has 0 atom stereocenters. The molecule has 0 radical (unpaired) electrons. The maximum atomic E-state index is 15.9. The molecular formula is C78H99N3O4SSi2. The van der Waals surface area contributed by atoms with Crippen LogP contribution in [0, 0.1) is 22.9 Å². The highest BCUT2D eigenvalue weighted by Crippen LogP contribution is 2.46. The number of hydrogen-bond acceptors (Lipinski definition) is 6. The van der Waals surface area contributed by atoms with Crippen LogP contribution in [-0.4, -0.2) is 30.4 Å². The molecule has 0 amide bonds. The summed E-state index contributed by atoms with van der Waals surface area (Å²) >= 11 is 1.50. The van der Waals surface area contributed by atoms with Crippen molar-refractivity contribution in [3.63, 3.8) is 0 Å². The van der Waals surface area contributed by atoms with E-state index in [0.29, 0.717) is 82.3 Å². The summed E-state index contributed by atoms with van der Waals surface area (Å²) in [5.74, 6) is 7.30. The van der Waals surface area contributed by atoms with Gasteiger partial charge in [0.2, 0.25) is 5.88 Å². The highest BCUT2D eigenvalue weighted by Gasteiger charge is 2.43. The molecule has 8 rings (SSSR count). The first kappa shape index (κ1) is 67.5. The molecule has 5 aromatic carbocycles. The van der Waals surface area contributed by atoms with Crippen molar-refractivity contribution in [2.75, 3.05) is 0 Å². The number of hydrogen-bond donors (Lipinski definition) is 1. The second kappa shape index (κ2) is 24.7. The van der Waals surface area contributed by atoms with Crippen LogP contribution < -0.4 is 22.0 Å². The molecule has 2 heterocycles. The molecule has 0 saturated heterocycles. The largest absolute Gasteiger partial charge is 0.494 e. The second-order valence-electron chi connectivity index (χ2n) is 31.1. The van der Waals surface area contributed by atoms with Crippen LogP contribution in [0.1, 0.15) is 211 Å².